The van der Waals surface area contributed by atoms with Crippen molar-refractivity contribution in [1.82, 2.24) is 4.90 Å². The number of rotatable bonds is 4. The molecule has 0 spiro atoms. The molecule has 2 rings (SSSR count). The third-order valence-corrected chi connectivity index (χ3v) is 3.80. The minimum Gasteiger partial charge on any atom is -0.338 e. The summed E-state index contributed by atoms with van der Waals surface area (Å²) in [6, 6.07) is 2.73. The van der Waals surface area contributed by atoms with Crippen molar-refractivity contribution in [2.45, 2.75) is 57.0 Å². The topological polar surface area (TPSA) is 70.1 Å². The fraction of sp³-hybridized carbons (Fsp3) is 0.846. The first-order valence-electron chi connectivity index (χ1n) is 6.65. The number of hydrogen-bond acceptors (Lipinski definition) is 3. The van der Waals surface area contributed by atoms with Crippen LogP contribution in [0.25, 0.3) is 0 Å². The van der Waals surface area contributed by atoms with Crippen LogP contribution in [-0.4, -0.2) is 29.4 Å². The standard InChI is InChI=1S/C13H21N3O/c14-7-2-8-16(12-5-6-12)13(17)10-3-1-4-11(15)9-10/h10-12H,1-6,8-9,15H2. The Hall–Kier alpha value is -1.08. The molecule has 0 aromatic carbocycles. The predicted molar refractivity (Wildman–Crippen MR) is 64.9 cm³/mol. The van der Waals surface area contributed by atoms with Gasteiger partial charge in [-0.3, -0.25) is 4.79 Å². The third-order valence-electron chi connectivity index (χ3n) is 3.80. The van der Waals surface area contributed by atoms with E-state index in [-0.39, 0.29) is 17.9 Å². The first-order chi connectivity index (χ1) is 8.22. The van der Waals surface area contributed by atoms with E-state index in [2.05, 4.69) is 6.07 Å². The summed E-state index contributed by atoms with van der Waals surface area (Å²) in [7, 11) is 0. The van der Waals surface area contributed by atoms with E-state index in [0.717, 1.165) is 38.5 Å². The second-order valence-corrected chi connectivity index (χ2v) is 5.29. The quantitative estimate of drug-likeness (QED) is 0.801. The largest absolute Gasteiger partial charge is 0.338 e. The van der Waals surface area contributed by atoms with Crippen molar-refractivity contribution in [3.8, 4) is 6.07 Å². The van der Waals surface area contributed by atoms with Crippen LogP contribution in [0, 0.1) is 17.2 Å². The molecule has 2 unspecified atom stereocenters. The Kier molecular flexibility index (Phi) is 4.01. The Morgan fingerprint density at radius 3 is 2.71 bits per heavy atom. The van der Waals surface area contributed by atoms with Crippen LogP contribution >= 0.6 is 0 Å². The molecule has 2 aliphatic rings. The maximum atomic E-state index is 12.4. The van der Waals surface area contributed by atoms with E-state index >= 15 is 0 Å². The molecule has 0 bridgehead atoms. The molecule has 0 aromatic heterocycles. The number of nitriles is 1. The van der Waals surface area contributed by atoms with Gasteiger partial charge >= 0.3 is 0 Å². The Morgan fingerprint density at radius 1 is 1.35 bits per heavy atom. The van der Waals surface area contributed by atoms with Gasteiger partial charge in [-0.25, -0.2) is 0 Å². The number of carbonyl (C=O) groups excluding carboxylic acids is 1. The van der Waals surface area contributed by atoms with Crippen LogP contribution in [0.3, 0.4) is 0 Å². The van der Waals surface area contributed by atoms with Crippen LogP contribution in [0.5, 0.6) is 0 Å². The number of carbonyl (C=O) groups is 1. The number of hydrogen-bond donors (Lipinski definition) is 1. The van der Waals surface area contributed by atoms with E-state index in [1.54, 1.807) is 0 Å². The highest BCUT2D eigenvalue weighted by Gasteiger charge is 2.36. The van der Waals surface area contributed by atoms with Crippen LogP contribution < -0.4 is 5.73 Å². The Labute approximate surface area is 103 Å². The summed E-state index contributed by atoms with van der Waals surface area (Å²) in [4.78, 5) is 14.3. The summed E-state index contributed by atoms with van der Waals surface area (Å²) < 4.78 is 0. The van der Waals surface area contributed by atoms with E-state index in [1.165, 1.54) is 0 Å². The number of nitrogens with zero attached hydrogens (tertiary/aromatic N) is 2. The summed E-state index contributed by atoms with van der Waals surface area (Å²) in [6.45, 7) is 0.603. The molecule has 4 heteroatoms. The second-order valence-electron chi connectivity index (χ2n) is 5.29. The van der Waals surface area contributed by atoms with Crippen LogP contribution in [0.4, 0.5) is 0 Å². The molecule has 94 valence electrons. The average molecular weight is 235 g/mol. The van der Waals surface area contributed by atoms with Crippen molar-refractivity contribution < 1.29 is 4.79 Å². The van der Waals surface area contributed by atoms with Crippen LogP contribution in [-0.2, 0) is 4.79 Å². The zero-order valence-electron chi connectivity index (χ0n) is 10.3. The van der Waals surface area contributed by atoms with Gasteiger partial charge in [-0.15, -0.1) is 0 Å². The maximum absolute atomic E-state index is 12.4. The lowest BCUT2D eigenvalue weighted by molar-refractivity contribution is -0.137. The van der Waals surface area contributed by atoms with Crippen LogP contribution in [0.1, 0.15) is 44.9 Å². The molecule has 0 saturated heterocycles. The lowest BCUT2D eigenvalue weighted by atomic mass is 9.85. The summed E-state index contributed by atoms with van der Waals surface area (Å²) >= 11 is 0. The summed E-state index contributed by atoms with van der Waals surface area (Å²) in [6.07, 6.45) is 6.57. The van der Waals surface area contributed by atoms with Crippen molar-refractivity contribution in [2.24, 2.45) is 11.7 Å². The third kappa shape index (κ3) is 3.19. The van der Waals surface area contributed by atoms with Gasteiger partial charge in [-0.05, 0) is 32.1 Å². The van der Waals surface area contributed by atoms with E-state index in [0.29, 0.717) is 19.0 Å². The smallest absolute Gasteiger partial charge is 0.226 e. The lowest BCUT2D eigenvalue weighted by Crippen LogP contribution is -2.42. The lowest BCUT2D eigenvalue weighted by Gasteiger charge is -2.31. The monoisotopic (exact) mass is 235 g/mol. The van der Waals surface area contributed by atoms with E-state index in [9.17, 15) is 4.79 Å². The maximum Gasteiger partial charge on any atom is 0.226 e. The molecule has 1 amide bonds. The van der Waals surface area contributed by atoms with Gasteiger partial charge < -0.3 is 10.6 Å². The SMILES string of the molecule is N#CCCN(C(=O)C1CCCC(N)C1)C1CC1. The molecular weight excluding hydrogens is 214 g/mol. The van der Waals surface area contributed by atoms with Gasteiger partial charge in [0.05, 0.1) is 12.5 Å². The van der Waals surface area contributed by atoms with Crippen molar-refractivity contribution in [3.63, 3.8) is 0 Å². The average Bonchev–Trinajstić information content (AvgIpc) is 3.14. The van der Waals surface area contributed by atoms with Gasteiger partial charge in [-0.2, -0.15) is 5.26 Å². The summed E-state index contributed by atoms with van der Waals surface area (Å²) in [5, 5.41) is 8.64. The predicted octanol–water partition coefficient (Wildman–Crippen LogP) is 1.41. The second kappa shape index (κ2) is 5.50. The van der Waals surface area contributed by atoms with E-state index in [4.69, 9.17) is 11.0 Å². The first kappa shape index (κ1) is 12.4. The molecule has 2 saturated carbocycles. The Balaban J connectivity index is 1.93. The van der Waals surface area contributed by atoms with Crippen molar-refractivity contribution in [1.29, 1.82) is 5.26 Å². The van der Waals surface area contributed by atoms with Gasteiger partial charge in [0.25, 0.3) is 0 Å². The van der Waals surface area contributed by atoms with E-state index in [1.807, 2.05) is 4.90 Å². The summed E-state index contributed by atoms with van der Waals surface area (Å²) in [5.41, 5.74) is 5.93. The highest BCUT2D eigenvalue weighted by Crippen LogP contribution is 2.32. The Morgan fingerprint density at radius 2 is 2.12 bits per heavy atom. The molecule has 2 atom stereocenters. The normalized spacial score (nSPS) is 28.5. The molecule has 2 N–H and O–H groups in total. The molecule has 4 nitrogen and oxygen atoms in total. The minimum atomic E-state index is 0.109. The Bertz CT molecular complexity index is 319. The fourth-order valence-corrected chi connectivity index (χ4v) is 2.72. The highest BCUT2D eigenvalue weighted by atomic mass is 16.2. The fourth-order valence-electron chi connectivity index (χ4n) is 2.72. The van der Waals surface area contributed by atoms with Crippen molar-refractivity contribution >= 4 is 5.91 Å². The van der Waals surface area contributed by atoms with Crippen molar-refractivity contribution in [2.75, 3.05) is 6.54 Å². The molecule has 0 aromatic rings. The van der Waals surface area contributed by atoms with Gasteiger partial charge in [-0.1, -0.05) is 6.42 Å². The van der Waals surface area contributed by atoms with Gasteiger partial charge in [0.1, 0.15) is 0 Å². The summed E-state index contributed by atoms with van der Waals surface area (Å²) in [5.74, 6) is 0.357. The van der Waals surface area contributed by atoms with Crippen LogP contribution in [0.2, 0.25) is 0 Å². The van der Waals surface area contributed by atoms with Crippen molar-refractivity contribution in [3.05, 3.63) is 0 Å². The van der Waals surface area contributed by atoms with Gasteiger partial charge in [0.15, 0.2) is 0 Å². The highest BCUT2D eigenvalue weighted by molar-refractivity contribution is 5.79. The number of nitrogens with two attached hydrogens (primary N) is 1. The molecule has 0 heterocycles. The van der Waals surface area contributed by atoms with Gasteiger partial charge in [0, 0.05) is 24.5 Å². The molecule has 0 aliphatic heterocycles. The number of amides is 1. The van der Waals surface area contributed by atoms with Gasteiger partial charge in [0.2, 0.25) is 5.91 Å². The van der Waals surface area contributed by atoms with Crippen LogP contribution in [0.15, 0.2) is 0 Å². The zero-order chi connectivity index (χ0) is 12.3. The first-order valence-corrected chi connectivity index (χ1v) is 6.65. The minimum absolute atomic E-state index is 0.109. The van der Waals surface area contributed by atoms with E-state index < -0.39 is 0 Å². The molecule has 2 fully saturated rings. The molecule has 0 radical (unpaired) electrons. The zero-order valence-corrected chi connectivity index (χ0v) is 10.3. The molecule has 17 heavy (non-hydrogen) atoms. The molecular formula is C13H21N3O. The molecule has 2 aliphatic carbocycles.